The molecule has 0 atom stereocenters. The predicted molar refractivity (Wildman–Crippen MR) is 79.7 cm³/mol. The Balaban J connectivity index is 2.18. The highest BCUT2D eigenvalue weighted by molar-refractivity contribution is 9.11. The van der Waals surface area contributed by atoms with E-state index in [4.69, 9.17) is 4.74 Å². The van der Waals surface area contributed by atoms with Crippen molar-refractivity contribution in [2.24, 2.45) is 0 Å². The first kappa shape index (κ1) is 14.1. The molecule has 1 N–H and O–H groups in total. The summed E-state index contributed by atoms with van der Waals surface area (Å²) >= 11 is 6.73. The van der Waals surface area contributed by atoms with Crippen LogP contribution in [0.2, 0.25) is 0 Å². The van der Waals surface area contributed by atoms with Crippen LogP contribution in [0.15, 0.2) is 45.3 Å². The number of phenolic OH excluding ortho intramolecular Hbond substituents is 1. The van der Waals surface area contributed by atoms with E-state index in [1.807, 2.05) is 6.07 Å². The van der Waals surface area contributed by atoms with Crippen molar-refractivity contribution >= 4 is 38.1 Å². The number of aldehydes is 1. The molecule has 0 aromatic heterocycles. The zero-order valence-electron chi connectivity index (χ0n) is 9.77. The Morgan fingerprint density at radius 1 is 1.16 bits per heavy atom. The Morgan fingerprint density at radius 3 is 2.42 bits per heavy atom. The zero-order chi connectivity index (χ0) is 13.8. The van der Waals surface area contributed by atoms with Crippen LogP contribution in [-0.4, -0.2) is 11.4 Å². The zero-order valence-corrected chi connectivity index (χ0v) is 12.9. The highest BCUT2D eigenvalue weighted by Crippen LogP contribution is 2.35. The minimum Gasteiger partial charge on any atom is -0.508 e. The number of benzene rings is 2. The number of halogens is 2. The molecule has 0 aliphatic carbocycles. The van der Waals surface area contributed by atoms with Crippen molar-refractivity contribution in [2.75, 3.05) is 0 Å². The second-order valence-electron chi connectivity index (χ2n) is 3.89. The molecule has 0 aliphatic heterocycles. The van der Waals surface area contributed by atoms with Crippen molar-refractivity contribution in [2.45, 2.75) is 6.61 Å². The second-order valence-corrected chi connectivity index (χ2v) is 5.60. The highest BCUT2D eigenvalue weighted by Gasteiger charge is 2.09. The smallest absolute Gasteiger partial charge is 0.150 e. The number of hydrogen-bond acceptors (Lipinski definition) is 3. The molecule has 0 unspecified atom stereocenters. The van der Waals surface area contributed by atoms with Crippen molar-refractivity contribution in [3.05, 3.63) is 56.5 Å². The quantitative estimate of drug-likeness (QED) is 0.797. The van der Waals surface area contributed by atoms with Gasteiger partial charge in [0.05, 0.1) is 8.95 Å². The summed E-state index contributed by atoms with van der Waals surface area (Å²) < 4.78 is 7.08. The molecule has 19 heavy (non-hydrogen) atoms. The first-order valence-corrected chi connectivity index (χ1v) is 7.03. The Kier molecular flexibility index (Phi) is 4.61. The van der Waals surface area contributed by atoms with Crippen LogP contribution < -0.4 is 4.74 Å². The van der Waals surface area contributed by atoms with E-state index in [0.29, 0.717) is 26.9 Å². The van der Waals surface area contributed by atoms with Gasteiger partial charge in [0.1, 0.15) is 24.4 Å². The largest absolute Gasteiger partial charge is 0.508 e. The van der Waals surface area contributed by atoms with E-state index in [-0.39, 0.29) is 5.75 Å². The summed E-state index contributed by atoms with van der Waals surface area (Å²) in [6.45, 7) is 0.325. The molecule has 5 heteroatoms. The van der Waals surface area contributed by atoms with Gasteiger partial charge in [-0.05, 0) is 61.7 Å². The molecule has 0 spiro atoms. The molecular weight excluding hydrogens is 376 g/mol. The van der Waals surface area contributed by atoms with E-state index >= 15 is 0 Å². The van der Waals surface area contributed by atoms with Gasteiger partial charge in [-0.2, -0.15) is 0 Å². The van der Waals surface area contributed by atoms with Gasteiger partial charge in [-0.3, -0.25) is 4.79 Å². The van der Waals surface area contributed by atoms with Gasteiger partial charge in [0, 0.05) is 5.56 Å². The second kappa shape index (κ2) is 6.21. The molecule has 0 aliphatic rings. The Hall–Kier alpha value is -1.33. The van der Waals surface area contributed by atoms with Crippen LogP contribution in [0, 0.1) is 0 Å². The lowest BCUT2D eigenvalue weighted by molar-refractivity contribution is 0.112. The van der Waals surface area contributed by atoms with Gasteiger partial charge in [0.2, 0.25) is 0 Å². The van der Waals surface area contributed by atoms with Crippen LogP contribution in [-0.2, 0) is 6.61 Å². The fourth-order valence-electron chi connectivity index (χ4n) is 1.59. The van der Waals surface area contributed by atoms with Crippen molar-refractivity contribution in [1.29, 1.82) is 0 Å². The van der Waals surface area contributed by atoms with Gasteiger partial charge in [-0.25, -0.2) is 0 Å². The number of carbonyl (C=O) groups is 1. The average molecular weight is 386 g/mol. The summed E-state index contributed by atoms with van der Waals surface area (Å²) in [6, 6.07) is 10.2. The van der Waals surface area contributed by atoms with E-state index in [1.165, 1.54) is 0 Å². The molecule has 2 aromatic carbocycles. The summed E-state index contributed by atoms with van der Waals surface area (Å²) in [5, 5.41) is 9.37. The first-order chi connectivity index (χ1) is 9.10. The average Bonchev–Trinajstić information content (AvgIpc) is 2.37. The normalized spacial score (nSPS) is 10.2. The van der Waals surface area contributed by atoms with Gasteiger partial charge in [-0.15, -0.1) is 0 Å². The van der Waals surface area contributed by atoms with Crippen molar-refractivity contribution in [1.82, 2.24) is 0 Å². The van der Waals surface area contributed by atoms with E-state index in [9.17, 15) is 9.90 Å². The first-order valence-electron chi connectivity index (χ1n) is 5.45. The molecule has 3 nitrogen and oxygen atoms in total. The van der Waals surface area contributed by atoms with Crippen LogP contribution in [0.4, 0.5) is 0 Å². The fourth-order valence-corrected chi connectivity index (χ4v) is 3.04. The summed E-state index contributed by atoms with van der Waals surface area (Å²) in [6.07, 6.45) is 0.772. The fraction of sp³-hybridized carbons (Fsp3) is 0.0714. The monoisotopic (exact) mass is 384 g/mol. The van der Waals surface area contributed by atoms with E-state index in [2.05, 4.69) is 31.9 Å². The third-order valence-corrected chi connectivity index (χ3v) is 3.63. The van der Waals surface area contributed by atoms with E-state index < -0.39 is 0 Å². The van der Waals surface area contributed by atoms with Gasteiger partial charge in [-0.1, -0.05) is 12.1 Å². The molecule has 0 amide bonds. The number of ether oxygens (including phenoxy) is 1. The van der Waals surface area contributed by atoms with Crippen molar-refractivity contribution in [3.63, 3.8) is 0 Å². The van der Waals surface area contributed by atoms with Gasteiger partial charge in [0.25, 0.3) is 0 Å². The number of hydrogen-bond donors (Lipinski definition) is 1. The Morgan fingerprint density at radius 2 is 1.84 bits per heavy atom. The number of aromatic hydroxyl groups is 1. The SMILES string of the molecule is O=Cc1cc(Br)c(OCc2cccc(O)c2)c(Br)c1. The molecule has 0 bridgehead atoms. The lowest BCUT2D eigenvalue weighted by Gasteiger charge is -2.11. The standard InChI is InChI=1S/C14H10Br2O3/c15-12-5-10(7-17)6-13(16)14(12)19-8-9-2-1-3-11(18)4-9/h1-7,18H,8H2. The third kappa shape index (κ3) is 3.58. The van der Waals surface area contributed by atoms with Crippen LogP contribution in [0.25, 0.3) is 0 Å². The minimum absolute atomic E-state index is 0.204. The molecule has 0 radical (unpaired) electrons. The molecule has 0 fully saturated rings. The van der Waals surface area contributed by atoms with Crippen molar-refractivity contribution < 1.29 is 14.6 Å². The highest BCUT2D eigenvalue weighted by atomic mass is 79.9. The maximum atomic E-state index is 10.7. The minimum atomic E-state index is 0.204. The molecule has 0 saturated carbocycles. The number of phenols is 1. The van der Waals surface area contributed by atoms with E-state index in [1.54, 1.807) is 30.3 Å². The third-order valence-electron chi connectivity index (χ3n) is 2.45. The van der Waals surface area contributed by atoms with Gasteiger partial charge >= 0.3 is 0 Å². The summed E-state index contributed by atoms with van der Waals surface area (Å²) in [7, 11) is 0. The van der Waals surface area contributed by atoms with Gasteiger partial charge < -0.3 is 9.84 Å². The van der Waals surface area contributed by atoms with Crippen LogP contribution in [0.5, 0.6) is 11.5 Å². The summed E-state index contributed by atoms with van der Waals surface area (Å²) in [4.78, 5) is 10.7. The molecule has 98 valence electrons. The summed E-state index contributed by atoms with van der Waals surface area (Å²) in [5.41, 5.74) is 1.42. The molecule has 2 aromatic rings. The summed E-state index contributed by atoms with van der Waals surface area (Å²) in [5.74, 6) is 0.824. The lowest BCUT2D eigenvalue weighted by Crippen LogP contribution is -1.97. The van der Waals surface area contributed by atoms with Gasteiger partial charge in [0.15, 0.2) is 0 Å². The topological polar surface area (TPSA) is 46.5 Å². The van der Waals surface area contributed by atoms with E-state index in [0.717, 1.165) is 11.8 Å². The van der Waals surface area contributed by atoms with Crippen LogP contribution >= 0.6 is 31.9 Å². The Bertz CT molecular complexity index is 588. The maximum Gasteiger partial charge on any atom is 0.150 e. The molecule has 0 heterocycles. The molecular formula is C14H10Br2O3. The number of carbonyl (C=O) groups excluding carboxylic acids is 1. The van der Waals surface area contributed by atoms with Crippen LogP contribution in [0.1, 0.15) is 15.9 Å². The molecule has 2 rings (SSSR count). The predicted octanol–water partition coefficient (Wildman–Crippen LogP) is 4.31. The number of rotatable bonds is 4. The van der Waals surface area contributed by atoms with Crippen LogP contribution in [0.3, 0.4) is 0 Å². The molecule has 0 saturated heterocycles. The lowest BCUT2D eigenvalue weighted by atomic mass is 10.2. The maximum absolute atomic E-state index is 10.7. The van der Waals surface area contributed by atoms with Crippen molar-refractivity contribution in [3.8, 4) is 11.5 Å². The Labute approximate surface area is 127 Å².